The number of fused-ring (bicyclic) bond motifs is 1. The van der Waals surface area contributed by atoms with Crippen LogP contribution in [0.3, 0.4) is 0 Å². The number of phenolic OH excluding ortho intramolecular Hbond substituents is 1. The maximum Gasteiger partial charge on any atom is 0.147 e. The summed E-state index contributed by atoms with van der Waals surface area (Å²) in [6, 6.07) is 8.61. The van der Waals surface area contributed by atoms with Crippen molar-refractivity contribution in [3.63, 3.8) is 0 Å². The highest BCUT2D eigenvalue weighted by Gasteiger charge is 2.29. The molecule has 7 nitrogen and oxygen atoms in total. The first-order valence-electron chi connectivity index (χ1n) is 9.85. The van der Waals surface area contributed by atoms with Gasteiger partial charge in [0.2, 0.25) is 0 Å². The average Bonchev–Trinajstić information content (AvgIpc) is 3.10. The lowest BCUT2D eigenvalue weighted by molar-refractivity contribution is -0.108. The van der Waals surface area contributed by atoms with E-state index < -0.39 is 12.2 Å². The van der Waals surface area contributed by atoms with Gasteiger partial charge in [-0.15, -0.1) is 0 Å². The van der Waals surface area contributed by atoms with Crippen molar-refractivity contribution >= 4 is 28.8 Å². The highest BCUT2D eigenvalue weighted by Crippen LogP contribution is 2.37. The number of aldehydes is 1. The molecule has 3 heterocycles. The third kappa shape index (κ3) is 5.34. The van der Waals surface area contributed by atoms with Crippen LogP contribution in [-0.4, -0.2) is 65.2 Å². The van der Waals surface area contributed by atoms with E-state index in [1.807, 2.05) is 25.2 Å². The third-order valence-corrected chi connectivity index (χ3v) is 5.47. The Morgan fingerprint density at radius 2 is 2.16 bits per heavy atom. The molecule has 0 aliphatic carbocycles. The van der Waals surface area contributed by atoms with Crippen molar-refractivity contribution in [1.82, 2.24) is 20.2 Å². The number of nitrogens with one attached hydrogen (secondary N) is 1. The van der Waals surface area contributed by atoms with Crippen LogP contribution < -0.4 is 11.1 Å². The van der Waals surface area contributed by atoms with Crippen LogP contribution >= 0.6 is 11.6 Å². The summed E-state index contributed by atoms with van der Waals surface area (Å²) in [5.41, 5.74) is 7.50. The monoisotopic (exact) mass is 445 g/mol. The molecule has 3 atom stereocenters. The molecular weight excluding hydrogens is 421 g/mol. The minimum Gasteiger partial charge on any atom is -0.505 e. The molecule has 0 amide bonds. The number of aromatic nitrogens is 2. The second-order valence-electron chi connectivity index (χ2n) is 7.27. The summed E-state index contributed by atoms with van der Waals surface area (Å²) in [6.07, 6.45) is 4.92. The Hall–Kier alpha value is -2.65. The number of alkyl halides is 1. The third-order valence-electron chi connectivity index (χ3n) is 5.16. The number of hydrogen-bond acceptors (Lipinski definition) is 7. The van der Waals surface area contributed by atoms with Crippen molar-refractivity contribution in [3.05, 3.63) is 65.1 Å². The lowest BCUT2D eigenvalue weighted by Gasteiger charge is -2.19. The number of aromatic hydroxyl groups is 1. The SMILES string of the molecule is CNC(c1cccnc1)c1cc(Cl)c2cccnc2c1O.NC1CN(CC=O)CC1F. The molecule has 164 valence electrons. The fraction of sp³-hybridized carbons (Fsp3) is 0.318. The molecule has 3 aromatic rings. The molecule has 2 aromatic heterocycles. The van der Waals surface area contributed by atoms with E-state index in [9.17, 15) is 14.3 Å². The number of carbonyl (C=O) groups excluding carboxylic acids is 1. The molecule has 0 spiro atoms. The van der Waals surface area contributed by atoms with Gasteiger partial charge in [-0.2, -0.15) is 0 Å². The van der Waals surface area contributed by atoms with Crippen molar-refractivity contribution in [2.75, 3.05) is 26.7 Å². The van der Waals surface area contributed by atoms with Gasteiger partial charge in [0.1, 0.15) is 23.7 Å². The number of rotatable bonds is 5. The van der Waals surface area contributed by atoms with Crippen molar-refractivity contribution in [2.24, 2.45) is 5.73 Å². The van der Waals surface area contributed by atoms with E-state index in [4.69, 9.17) is 17.3 Å². The summed E-state index contributed by atoms with van der Waals surface area (Å²) in [7, 11) is 1.83. The summed E-state index contributed by atoms with van der Waals surface area (Å²) in [5, 5.41) is 15.0. The molecule has 1 aliphatic heterocycles. The Balaban J connectivity index is 0.000000229. The van der Waals surface area contributed by atoms with Crippen LogP contribution in [0.2, 0.25) is 5.02 Å². The summed E-state index contributed by atoms with van der Waals surface area (Å²) < 4.78 is 12.6. The highest BCUT2D eigenvalue weighted by molar-refractivity contribution is 6.35. The molecule has 0 saturated carbocycles. The largest absolute Gasteiger partial charge is 0.505 e. The van der Waals surface area contributed by atoms with Crippen molar-refractivity contribution < 1.29 is 14.3 Å². The van der Waals surface area contributed by atoms with Gasteiger partial charge in [0.05, 0.1) is 17.6 Å². The molecular formula is C22H25ClFN5O2. The van der Waals surface area contributed by atoms with E-state index in [1.165, 1.54) is 0 Å². The second-order valence-corrected chi connectivity index (χ2v) is 7.68. The van der Waals surface area contributed by atoms with E-state index >= 15 is 0 Å². The number of carbonyl (C=O) groups is 1. The first kappa shape index (κ1) is 23.0. The smallest absolute Gasteiger partial charge is 0.147 e. The molecule has 4 rings (SSSR count). The van der Waals surface area contributed by atoms with Gasteiger partial charge in [0.15, 0.2) is 0 Å². The standard InChI is InChI=1S/C16H14ClN3O.C6H11FN2O/c1-18-14(10-4-2-6-19-9-10)12-8-13(17)11-5-3-7-20-15(11)16(12)21;7-5-3-9(1-2-10)4-6(5)8/h2-9,14,18,21H,1H3;2,5-6H,1,3-4,8H2. The minimum atomic E-state index is -0.958. The molecule has 9 heteroatoms. The Morgan fingerprint density at radius 3 is 2.77 bits per heavy atom. The van der Waals surface area contributed by atoms with Crippen molar-refractivity contribution in [3.8, 4) is 5.75 Å². The lowest BCUT2D eigenvalue weighted by Crippen LogP contribution is -2.30. The molecule has 1 fully saturated rings. The van der Waals surface area contributed by atoms with Crippen LogP contribution in [0.4, 0.5) is 4.39 Å². The van der Waals surface area contributed by atoms with Gasteiger partial charge in [-0.1, -0.05) is 17.7 Å². The molecule has 1 saturated heterocycles. The fourth-order valence-corrected chi connectivity index (χ4v) is 3.87. The molecule has 0 bridgehead atoms. The predicted molar refractivity (Wildman–Crippen MR) is 119 cm³/mol. The molecule has 4 N–H and O–H groups in total. The zero-order valence-electron chi connectivity index (χ0n) is 17.1. The Labute approximate surface area is 185 Å². The molecule has 0 radical (unpaired) electrons. The highest BCUT2D eigenvalue weighted by atomic mass is 35.5. The average molecular weight is 446 g/mol. The lowest BCUT2D eigenvalue weighted by atomic mass is 9.97. The zero-order valence-corrected chi connectivity index (χ0v) is 17.8. The Morgan fingerprint density at radius 1 is 1.39 bits per heavy atom. The van der Waals surface area contributed by atoms with Gasteiger partial charge >= 0.3 is 0 Å². The van der Waals surface area contributed by atoms with Crippen LogP contribution in [0.5, 0.6) is 5.75 Å². The van der Waals surface area contributed by atoms with Gasteiger partial charge in [0, 0.05) is 48.7 Å². The Kier molecular flexibility index (Phi) is 7.86. The number of halogens is 2. The van der Waals surface area contributed by atoms with Crippen LogP contribution in [0, 0.1) is 0 Å². The van der Waals surface area contributed by atoms with E-state index in [0.717, 1.165) is 17.2 Å². The van der Waals surface area contributed by atoms with Gasteiger partial charge in [-0.05, 0) is 36.9 Å². The fourth-order valence-electron chi connectivity index (χ4n) is 3.60. The van der Waals surface area contributed by atoms with Crippen LogP contribution in [0.25, 0.3) is 10.9 Å². The summed E-state index contributed by atoms with van der Waals surface area (Å²) in [4.78, 5) is 20.0. The summed E-state index contributed by atoms with van der Waals surface area (Å²) in [6.45, 7) is 1.11. The van der Waals surface area contributed by atoms with Crippen LogP contribution in [0.15, 0.2) is 48.9 Å². The van der Waals surface area contributed by atoms with Crippen molar-refractivity contribution in [1.29, 1.82) is 0 Å². The van der Waals surface area contributed by atoms with Crippen LogP contribution in [0.1, 0.15) is 17.2 Å². The number of likely N-dealkylation sites (tertiary alicyclic amines) is 1. The predicted octanol–water partition coefficient (Wildman–Crippen LogP) is 2.46. The molecule has 3 unspecified atom stereocenters. The zero-order chi connectivity index (χ0) is 22.4. The topological polar surface area (TPSA) is 104 Å². The second kappa shape index (κ2) is 10.6. The van der Waals surface area contributed by atoms with Gasteiger partial charge in [-0.25, -0.2) is 4.39 Å². The quantitative estimate of drug-likeness (QED) is 0.518. The normalized spacial score (nSPS) is 19.6. The van der Waals surface area contributed by atoms with E-state index in [1.54, 1.807) is 35.6 Å². The van der Waals surface area contributed by atoms with E-state index in [-0.39, 0.29) is 11.8 Å². The first-order valence-corrected chi connectivity index (χ1v) is 10.2. The summed E-state index contributed by atoms with van der Waals surface area (Å²) >= 11 is 6.33. The maximum atomic E-state index is 12.6. The molecule has 1 aliphatic rings. The maximum absolute atomic E-state index is 12.6. The van der Waals surface area contributed by atoms with Crippen molar-refractivity contribution in [2.45, 2.75) is 18.3 Å². The van der Waals surface area contributed by atoms with E-state index in [0.29, 0.717) is 35.7 Å². The minimum absolute atomic E-state index is 0.137. The van der Waals surface area contributed by atoms with E-state index in [2.05, 4.69) is 15.3 Å². The number of phenols is 1. The number of benzene rings is 1. The molecule has 31 heavy (non-hydrogen) atoms. The number of nitrogens with zero attached hydrogens (tertiary/aromatic N) is 3. The number of nitrogens with two attached hydrogens (primary N) is 1. The van der Waals surface area contributed by atoms with Crippen LogP contribution in [-0.2, 0) is 4.79 Å². The Bertz CT molecular complexity index is 1010. The number of hydrogen-bond donors (Lipinski definition) is 3. The summed E-state index contributed by atoms with van der Waals surface area (Å²) in [5.74, 6) is 0.137. The molecule has 1 aromatic carbocycles. The van der Waals surface area contributed by atoms with Gasteiger partial charge in [0.25, 0.3) is 0 Å². The number of pyridine rings is 2. The van der Waals surface area contributed by atoms with Gasteiger partial charge in [-0.3, -0.25) is 14.9 Å². The first-order chi connectivity index (χ1) is 15.0. The van der Waals surface area contributed by atoms with Gasteiger partial charge < -0.3 is 21.0 Å².